The van der Waals surface area contributed by atoms with Crippen molar-refractivity contribution in [3.8, 4) is 0 Å². The Labute approximate surface area is 71.4 Å². The van der Waals surface area contributed by atoms with E-state index in [9.17, 15) is 5.11 Å². The summed E-state index contributed by atoms with van der Waals surface area (Å²) in [4.78, 5) is 0. The zero-order chi connectivity index (χ0) is 8.39. The van der Waals surface area contributed by atoms with Crippen LogP contribution in [0.15, 0.2) is 0 Å². The Morgan fingerprint density at radius 3 is 2.17 bits per heavy atom. The quantitative estimate of drug-likeness (QED) is 0.589. The van der Waals surface area contributed by atoms with Gasteiger partial charge in [-0.25, -0.2) is 0 Å². The van der Waals surface area contributed by atoms with E-state index >= 15 is 0 Å². The van der Waals surface area contributed by atoms with Gasteiger partial charge in [-0.1, -0.05) is 0 Å². The molecule has 1 N–H and O–H groups in total. The lowest BCUT2D eigenvalue weighted by Crippen LogP contribution is -2.16. The van der Waals surface area contributed by atoms with Gasteiger partial charge < -0.3 is 19.3 Å². The molecule has 0 aromatic rings. The zero-order valence-corrected chi connectivity index (χ0v) is 6.94. The third kappa shape index (κ3) is 3.49. The number of aliphatic hydroxyl groups is 1. The number of epoxide rings is 3. The van der Waals surface area contributed by atoms with E-state index in [1.54, 1.807) is 0 Å². The Morgan fingerprint density at radius 1 is 1.25 bits per heavy atom. The van der Waals surface area contributed by atoms with E-state index in [4.69, 9.17) is 9.47 Å². The molecule has 0 aliphatic carbocycles. The molecule has 3 fully saturated rings. The predicted molar refractivity (Wildman–Crippen MR) is 40.9 cm³/mol. The molecule has 0 radical (unpaired) electrons. The Hall–Kier alpha value is -0.160. The van der Waals surface area contributed by atoms with Gasteiger partial charge >= 0.3 is 0 Å². The Balaban J connectivity index is 0.000000159. The van der Waals surface area contributed by atoms with Crippen LogP contribution in [0.2, 0.25) is 0 Å². The molecule has 3 saturated heterocycles. The highest BCUT2D eigenvalue weighted by atomic mass is 16.6. The maximum absolute atomic E-state index is 9.19. The first-order valence-corrected chi connectivity index (χ1v) is 4.35. The van der Waals surface area contributed by atoms with Crippen LogP contribution in [0.25, 0.3) is 0 Å². The van der Waals surface area contributed by atoms with Crippen molar-refractivity contribution < 1.29 is 19.3 Å². The van der Waals surface area contributed by atoms with Crippen LogP contribution in [0.1, 0.15) is 6.42 Å². The summed E-state index contributed by atoms with van der Waals surface area (Å²) in [5.74, 6) is 0. The van der Waals surface area contributed by atoms with E-state index < -0.39 is 0 Å². The third-order valence-corrected chi connectivity index (χ3v) is 1.90. The lowest BCUT2D eigenvalue weighted by Gasteiger charge is -2.01. The van der Waals surface area contributed by atoms with Crippen molar-refractivity contribution in [3.05, 3.63) is 0 Å². The Bertz CT molecular complexity index is 137. The molecule has 0 spiro atoms. The topological polar surface area (TPSA) is 57.8 Å². The molecule has 12 heavy (non-hydrogen) atoms. The van der Waals surface area contributed by atoms with E-state index in [2.05, 4.69) is 4.74 Å². The summed E-state index contributed by atoms with van der Waals surface area (Å²) in [6, 6.07) is 0. The van der Waals surface area contributed by atoms with Crippen molar-refractivity contribution in [1.29, 1.82) is 0 Å². The summed E-state index contributed by atoms with van der Waals surface area (Å²) in [6.45, 7) is 3.55. The van der Waals surface area contributed by atoms with E-state index in [0.717, 1.165) is 32.8 Å². The van der Waals surface area contributed by atoms with Crippen LogP contribution in [-0.2, 0) is 14.2 Å². The van der Waals surface area contributed by atoms with Gasteiger partial charge in [0, 0.05) is 6.42 Å². The van der Waals surface area contributed by atoms with Crippen molar-refractivity contribution in [2.75, 3.05) is 26.4 Å². The Morgan fingerprint density at radius 2 is 1.83 bits per heavy atom. The summed E-state index contributed by atoms with van der Waals surface area (Å²) in [5.41, 5.74) is 0. The van der Waals surface area contributed by atoms with Gasteiger partial charge in [0.15, 0.2) is 0 Å². The van der Waals surface area contributed by atoms with Gasteiger partial charge in [-0.15, -0.1) is 0 Å². The second-order valence-electron chi connectivity index (χ2n) is 3.24. The molecule has 4 heteroatoms. The van der Waals surface area contributed by atoms with Crippen molar-refractivity contribution in [2.45, 2.75) is 24.7 Å². The monoisotopic (exact) mass is 174 g/mol. The molecule has 3 aliphatic heterocycles. The second kappa shape index (κ2) is 3.70. The van der Waals surface area contributed by atoms with Gasteiger partial charge in [-0.05, 0) is 0 Å². The van der Waals surface area contributed by atoms with Gasteiger partial charge in [0.1, 0.15) is 6.10 Å². The maximum atomic E-state index is 9.19. The van der Waals surface area contributed by atoms with Gasteiger partial charge in [-0.2, -0.15) is 0 Å². The summed E-state index contributed by atoms with van der Waals surface area (Å²) >= 11 is 0. The first-order chi connectivity index (χ1) is 5.86. The van der Waals surface area contributed by atoms with Crippen LogP contribution in [0.4, 0.5) is 0 Å². The number of ether oxygens (including phenoxy) is 3. The first-order valence-electron chi connectivity index (χ1n) is 4.35. The zero-order valence-electron chi connectivity index (χ0n) is 6.94. The van der Waals surface area contributed by atoms with Crippen LogP contribution in [0.3, 0.4) is 0 Å². The molecule has 3 unspecified atom stereocenters. The molecule has 0 aromatic carbocycles. The van der Waals surface area contributed by atoms with Crippen molar-refractivity contribution in [2.24, 2.45) is 0 Å². The van der Waals surface area contributed by atoms with E-state index in [-0.39, 0.29) is 12.2 Å². The lowest BCUT2D eigenvalue weighted by molar-refractivity contribution is 0.117. The van der Waals surface area contributed by atoms with Crippen molar-refractivity contribution in [1.82, 2.24) is 0 Å². The van der Waals surface area contributed by atoms with Crippen LogP contribution in [-0.4, -0.2) is 49.8 Å². The minimum Gasteiger partial charge on any atom is -0.390 e. The lowest BCUT2D eigenvalue weighted by atomic mass is 10.1. The first kappa shape index (κ1) is 8.44. The molecule has 0 amide bonds. The number of aliphatic hydroxyl groups excluding tert-OH is 1. The SMILES string of the molecule is C1CO1.OC(CC1CO1)C1CO1. The standard InChI is InChI=1S/C6H10O3.C2H4O/c7-5(6-3-9-6)1-4-2-8-4;1-2-3-1/h4-7H,1-3H2;1-2H2. The molecule has 0 aromatic heterocycles. The molecule has 0 bridgehead atoms. The third-order valence-electron chi connectivity index (χ3n) is 1.90. The fourth-order valence-corrected chi connectivity index (χ4v) is 0.903. The van der Waals surface area contributed by atoms with Crippen LogP contribution >= 0.6 is 0 Å². The van der Waals surface area contributed by atoms with Crippen molar-refractivity contribution in [3.63, 3.8) is 0 Å². The van der Waals surface area contributed by atoms with Crippen molar-refractivity contribution >= 4 is 0 Å². The smallest absolute Gasteiger partial charge is 0.107 e. The fourth-order valence-electron chi connectivity index (χ4n) is 0.903. The maximum Gasteiger partial charge on any atom is 0.107 e. The largest absolute Gasteiger partial charge is 0.390 e. The average molecular weight is 174 g/mol. The molecular formula is C8H14O4. The molecule has 70 valence electrons. The average Bonchev–Trinajstić information content (AvgIpc) is 2.82. The van der Waals surface area contributed by atoms with Crippen LogP contribution in [0.5, 0.6) is 0 Å². The minimum absolute atomic E-state index is 0.120. The molecule has 3 aliphatic rings. The second-order valence-corrected chi connectivity index (χ2v) is 3.24. The van der Waals surface area contributed by atoms with Gasteiger partial charge in [0.25, 0.3) is 0 Å². The molecular weight excluding hydrogens is 160 g/mol. The summed E-state index contributed by atoms with van der Waals surface area (Å²) in [5, 5.41) is 9.19. The number of hydrogen-bond acceptors (Lipinski definition) is 4. The Kier molecular flexibility index (Phi) is 2.60. The summed E-state index contributed by atoms with van der Waals surface area (Å²) in [6.07, 6.45) is 0.917. The normalized spacial score (nSPS) is 37.8. The van der Waals surface area contributed by atoms with Crippen LogP contribution < -0.4 is 0 Å². The highest BCUT2D eigenvalue weighted by Crippen LogP contribution is 2.23. The summed E-state index contributed by atoms with van der Waals surface area (Å²) in [7, 11) is 0. The molecule has 3 atom stereocenters. The van der Waals surface area contributed by atoms with E-state index in [0.29, 0.717) is 6.10 Å². The summed E-state index contributed by atoms with van der Waals surface area (Å²) < 4.78 is 14.3. The van der Waals surface area contributed by atoms with Gasteiger partial charge in [0.2, 0.25) is 0 Å². The van der Waals surface area contributed by atoms with Crippen LogP contribution in [0, 0.1) is 0 Å². The molecule has 3 heterocycles. The van der Waals surface area contributed by atoms with E-state index in [1.807, 2.05) is 0 Å². The number of rotatable bonds is 3. The predicted octanol–water partition coefficient (Wildman–Crippen LogP) is -0.448. The van der Waals surface area contributed by atoms with Gasteiger partial charge in [-0.3, -0.25) is 0 Å². The number of hydrogen-bond donors (Lipinski definition) is 1. The fraction of sp³-hybridized carbons (Fsp3) is 1.00. The minimum atomic E-state index is -0.280. The van der Waals surface area contributed by atoms with Gasteiger partial charge in [0.05, 0.1) is 38.6 Å². The highest BCUT2D eigenvalue weighted by Gasteiger charge is 2.36. The molecule has 4 nitrogen and oxygen atoms in total. The molecule has 0 saturated carbocycles. The molecule has 3 rings (SSSR count). The highest BCUT2D eigenvalue weighted by molar-refractivity contribution is 4.83. The van der Waals surface area contributed by atoms with E-state index in [1.165, 1.54) is 0 Å².